The van der Waals surface area contributed by atoms with E-state index < -0.39 is 0 Å². The van der Waals surface area contributed by atoms with Crippen LogP contribution in [-0.2, 0) is 14.4 Å². The predicted molar refractivity (Wildman–Crippen MR) is 118 cm³/mol. The van der Waals surface area contributed by atoms with Crippen LogP contribution >= 0.6 is 0 Å². The monoisotopic (exact) mass is 412 g/mol. The van der Waals surface area contributed by atoms with Gasteiger partial charge in [-0.15, -0.1) is 0 Å². The van der Waals surface area contributed by atoms with E-state index in [1.54, 1.807) is 6.08 Å². The molecule has 0 N–H and O–H groups in total. The predicted octanol–water partition coefficient (Wildman–Crippen LogP) is 1.84. The first-order chi connectivity index (χ1) is 14.5. The first-order valence-corrected chi connectivity index (χ1v) is 10.9. The maximum Gasteiger partial charge on any atom is 0.246 e. The van der Waals surface area contributed by atoms with Crippen molar-refractivity contribution in [2.24, 2.45) is 0 Å². The van der Waals surface area contributed by atoms with Crippen LogP contribution < -0.4 is 4.90 Å². The minimum absolute atomic E-state index is 0.0106. The van der Waals surface area contributed by atoms with Gasteiger partial charge in [-0.2, -0.15) is 0 Å². The summed E-state index contributed by atoms with van der Waals surface area (Å²) in [6.07, 6.45) is 4.94. The maximum absolute atomic E-state index is 12.5. The molecule has 0 bridgehead atoms. The molecule has 0 unspecified atom stereocenters. The number of amides is 3. The average Bonchev–Trinajstić information content (AvgIpc) is 3.19. The highest BCUT2D eigenvalue weighted by molar-refractivity contribution is 5.95. The Morgan fingerprint density at radius 3 is 2.23 bits per heavy atom. The molecule has 1 aromatic rings. The van der Waals surface area contributed by atoms with Crippen molar-refractivity contribution in [3.8, 4) is 0 Å². The Morgan fingerprint density at radius 2 is 1.67 bits per heavy atom. The number of carbonyl (C=O) groups excluding carboxylic acids is 3. The Hall–Kier alpha value is -2.67. The van der Waals surface area contributed by atoms with Gasteiger partial charge in [-0.25, -0.2) is 0 Å². The van der Waals surface area contributed by atoms with Gasteiger partial charge in [0.15, 0.2) is 0 Å². The third kappa shape index (κ3) is 5.48. The molecule has 7 heteroatoms. The van der Waals surface area contributed by atoms with E-state index >= 15 is 0 Å². The van der Waals surface area contributed by atoms with E-state index in [2.05, 4.69) is 4.90 Å². The van der Waals surface area contributed by atoms with Crippen molar-refractivity contribution in [2.45, 2.75) is 26.7 Å². The van der Waals surface area contributed by atoms with Gasteiger partial charge in [0.2, 0.25) is 17.7 Å². The van der Waals surface area contributed by atoms with Crippen molar-refractivity contribution < 1.29 is 14.4 Å². The molecule has 0 spiro atoms. The summed E-state index contributed by atoms with van der Waals surface area (Å²) in [5.41, 5.74) is 1.85. The Balaban J connectivity index is 1.47. The lowest BCUT2D eigenvalue weighted by Gasteiger charge is -2.34. The first-order valence-electron chi connectivity index (χ1n) is 10.9. The topological polar surface area (TPSA) is 64.2 Å². The summed E-state index contributed by atoms with van der Waals surface area (Å²) in [4.78, 5) is 44.2. The minimum atomic E-state index is -0.0106. The summed E-state index contributed by atoms with van der Waals surface area (Å²) < 4.78 is 0. The third-order valence-corrected chi connectivity index (χ3v) is 5.86. The number of likely N-dealkylation sites (N-methyl/N-ethyl adjacent to an activating group) is 1. The molecule has 1 aromatic carbocycles. The largest absolute Gasteiger partial charge is 0.342 e. The van der Waals surface area contributed by atoms with Crippen LogP contribution in [-0.4, -0.2) is 84.8 Å². The summed E-state index contributed by atoms with van der Waals surface area (Å²) in [5.74, 6) is 0.314. The molecule has 3 amide bonds. The van der Waals surface area contributed by atoms with Crippen molar-refractivity contribution in [3.63, 3.8) is 0 Å². The molecule has 2 saturated heterocycles. The Bertz CT molecular complexity index is 778. The molecule has 3 rings (SSSR count). The molecule has 2 aliphatic rings. The number of piperazine rings is 1. The second-order valence-corrected chi connectivity index (χ2v) is 7.74. The molecule has 7 nitrogen and oxygen atoms in total. The number of anilines is 1. The zero-order chi connectivity index (χ0) is 21.5. The zero-order valence-electron chi connectivity index (χ0n) is 18.0. The fourth-order valence-corrected chi connectivity index (χ4v) is 3.95. The van der Waals surface area contributed by atoms with Gasteiger partial charge in [0.25, 0.3) is 0 Å². The normalized spacial score (nSPS) is 17.7. The molecular formula is C23H32N4O3. The summed E-state index contributed by atoms with van der Waals surface area (Å²) >= 11 is 0. The van der Waals surface area contributed by atoms with Gasteiger partial charge in [-0.1, -0.05) is 12.1 Å². The molecule has 30 heavy (non-hydrogen) atoms. The number of benzene rings is 1. The van der Waals surface area contributed by atoms with Gasteiger partial charge >= 0.3 is 0 Å². The van der Waals surface area contributed by atoms with Crippen LogP contribution in [0.2, 0.25) is 0 Å². The van der Waals surface area contributed by atoms with Crippen molar-refractivity contribution in [3.05, 3.63) is 35.9 Å². The third-order valence-electron chi connectivity index (χ3n) is 5.86. The van der Waals surface area contributed by atoms with E-state index in [-0.39, 0.29) is 17.7 Å². The number of carbonyl (C=O) groups is 3. The fourth-order valence-electron chi connectivity index (χ4n) is 3.95. The standard InChI is InChI=1S/C23H32N4O3/c1-3-25(4-2)23(30)18-24-14-16-26(17-15-24)21(28)12-9-19-7-10-20(11-8-19)27-13-5-6-22(27)29/h7-12H,3-6,13-18H2,1-2H3/b12-9+. The van der Waals surface area contributed by atoms with Gasteiger partial charge in [0.1, 0.15) is 0 Å². The van der Waals surface area contributed by atoms with Crippen LogP contribution in [0.15, 0.2) is 30.3 Å². The Morgan fingerprint density at radius 1 is 1.00 bits per heavy atom. The highest BCUT2D eigenvalue weighted by Crippen LogP contribution is 2.22. The van der Waals surface area contributed by atoms with Crippen molar-refractivity contribution in [2.75, 3.05) is 57.3 Å². The highest BCUT2D eigenvalue weighted by Gasteiger charge is 2.23. The maximum atomic E-state index is 12.5. The van der Waals surface area contributed by atoms with Crippen LogP contribution in [0.3, 0.4) is 0 Å². The van der Waals surface area contributed by atoms with E-state index in [4.69, 9.17) is 0 Å². The zero-order valence-corrected chi connectivity index (χ0v) is 18.0. The van der Waals surface area contributed by atoms with Crippen molar-refractivity contribution in [1.82, 2.24) is 14.7 Å². The molecule has 162 valence electrons. The van der Waals surface area contributed by atoms with Gasteiger partial charge in [-0.3, -0.25) is 19.3 Å². The summed E-state index contributed by atoms with van der Waals surface area (Å²) in [7, 11) is 0. The quantitative estimate of drug-likeness (QED) is 0.641. The number of nitrogens with zero attached hydrogens (tertiary/aromatic N) is 4. The van der Waals surface area contributed by atoms with Gasteiger partial charge in [0, 0.05) is 64.0 Å². The summed E-state index contributed by atoms with van der Waals surface area (Å²) in [5, 5.41) is 0. The lowest BCUT2D eigenvalue weighted by atomic mass is 10.1. The molecule has 2 heterocycles. The van der Waals surface area contributed by atoms with E-state index in [1.807, 2.05) is 58.9 Å². The second kappa shape index (κ2) is 10.4. The molecular weight excluding hydrogens is 380 g/mol. The van der Waals surface area contributed by atoms with E-state index in [0.29, 0.717) is 39.1 Å². The van der Waals surface area contributed by atoms with E-state index in [9.17, 15) is 14.4 Å². The molecule has 2 fully saturated rings. The fraction of sp³-hybridized carbons (Fsp3) is 0.522. The molecule has 0 radical (unpaired) electrons. The molecule has 2 aliphatic heterocycles. The van der Waals surface area contributed by atoms with Gasteiger partial charge in [0.05, 0.1) is 6.54 Å². The summed E-state index contributed by atoms with van der Waals surface area (Å²) in [6.45, 7) is 9.32. The molecule has 0 aliphatic carbocycles. The van der Waals surface area contributed by atoms with Gasteiger partial charge < -0.3 is 14.7 Å². The van der Waals surface area contributed by atoms with Crippen molar-refractivity contribution in [1.29, 1.82) is 0 Å². The Kier molecular flexibility index (Phi) is 7.63. The van der Waals surface area contributed by atoms with Crippen LogP contribution in [0, 0.1) is 0 Å². The molecule has 0 atom stereocenters. The smallest absolute Gasteiger partial charge is 0.246 e. The SMILES string of the molecule is CCN(CC)C(=O)CN1CCN(C(=O)/C=C/c2ccc(N3CCCC3=O)cc2)CC1. The number of rotatable bonds is 7. The second-order valence-electron chi connectivity index (χ2n) is 7.74. The van der Waals surface area contributed by atoms with E-state index in [1.165, 1.54) is 0 Å². The van der Waals surface area contributed by atoms with Crippen molar-refractivity contribution >= 4 is 29.5 Å². The number of hydrogen-bond donors (Lipinski definition) is 0. The lowest BCUT2D eigenvalue weighted by molar-refractivity contribution is -0.133. The van der Waals surface area contributed by atoms with Crippen LogP contribution in [0.25, 0.3) is 6.08 Å². The van der Waals surface area contributed by atoms with Crippen LogP contribution in [0.4, 0.5) is 5.69 Å². The van der Waals surface area contributed by atoms with E-state index in [0.717, 1.165) is 37.3 Å². The minimum Gasteiger partial charge on any atom is -0.342 e. The first kappa shape index (κ1) is 22.0. The number of hydrogen-bond acceptors (Lipinski definition) is 4. The van der Waals surface area contributed by atoms with Gasteiger partial charge in [-0.05, 0) is 44.0 Å². The summed E-state index contributed by atoms with van der Waals surface area (Å²) in [6, 6.07) is 7.72. The Labute approximate surface area is 178 Å². The molecule has 0 saturated carbocycles. The van der Waals surface area contributed by atoms with Crippen LogP contribution in [0.1, 0.15) is 32.3 Å². The molecule has 0 aromatic heterocycles. The average molecular weight is 413 g/mol. The highest BCUT2D eigenvalue weighted by atomic mass is 16.2. The lowest BCUT2D eigenvalue weighted by Crippen LogP contribution is -2.51. The van der Waals surface area contributed by atoms with Crippen LogP contribution in [0.5, 0.6) is 0 Å².